The Morgan fingerprint density at radius 2 is 1.85 bits per heavy atom. The minimum Gasteiger partial charge on any atom is -0.463 e. The average Bonchev–Trinajstić information content (AvgIpc) is 3.06. The molecule has 1 fully saturated rings. The molecule has 0 amide bonds. The van der Waals surface area contributed by atoms with Crippen LogP contribution in [0.3, 0.4) is 0 Å². The van der Waals surface area contributed by atoms with E-state index in [-0.39, 0.29) is 12.3 Å². The van der Waals surface area contributed by atoms with Crippen LogP contribution in [0.5, 0.6) is 0 Å². The highest BCUT2D eigenvalue weighted by atomic mass is 127. The van der Waals surface area contributed by atoms with Gasteiger partial charge in [0.15, 0.2) is 24.1 Å². The van der Waals surface area contributed by atoms with Gasteiger partial charge in [0.2, 0.25) is 0 Å². The van der Waals surface area contributed by atoms with Crippen LogP contribution in [0.4, 0.5) is 0 Å². The fraction of sp³-hybridized carbons (Fsp3) is 0.533. The molecule has 26 heavy (non-hydrogen) atoms. The molecular weight excluding hydrogens is 461 g/mol. The summed E-state index contributed by atoms with van der Waals surface area (Å²) < 4.78 is 23.3. The van der Waals surface area contributed by atoms with Gasteiger partial charge in [0, 0.05) is 20.8 Å². The topological polar surface area (TPSA) is 130 Å². The summed E-state index contributed by atoms with van der Waals surface area (Å²) in [5, 5.41) is 9.07. The maximum absolute atomic E-state index is 11.5. The van der Waals surface area contributed by atoms with Crippen molar-refractivity contribution < 1.29 is 33.3 Å². The van der Waals surface area contributed by atoms with Crippen molar-refractivity contribution in [2.24, 2.45) is 0 Å². The predicted molar refractivity (Wildman–Crippen MR) is 91.3 cm³/mol. The first-order valence-electron chi connectivity index (χ1n) is 7.50. The van der Waals surface area contributed by atoms with Crippen LogP contribution in [0.25, 0.3) is 0 Å². The fourth-order valence-corrected chi connectivity index (χ4v) is 3.17. The third-order valence-corrected chi connectivity index (χ3v) is 4.52. The second kappa shape index (κ2) is 8.45. The molecule has 4 atom stereocenters. The van der Waals surface area contributed by atoms with Gasteiger partial charge in [0.1, 0.15) is 22.5 Å². The van der Waals surface area contributed by atoms with Gasteiger partial charge in [-0.3, -0.25) is 19.0 Å². The molecule has 4 unspecified atom stereocenters. The molecule has 1 aromatic heterocycles. The lowest BCUT2D eigenvalue weighted by Gasteiger charge is -2.23. The quantitative estimate of drug-likeness (QED) is 0.342. The van der Waals surface area contributed by atoms with Crippen LogP contribution in [0.15, 0.2) is 6.33 Å². The lowest BCUT2D eigenvalue weighted by atomic mass is 10.1. The van der Waals surface area contributed by atoms with Gasteiger partial charge in [-0.05, 0) is 22.6 Å². The van der Waals surface area contributed by atoms with E-state index in [1.54, 1.807) is 0 Å². The number of halogens is 1. The number of carbonyl (C=O) groups is 3. The van der Waals surface area contributed by atoms with E-state index in [0.29, 0.717) is 3.70 Å². The maximum Gasteiger partial charge on any atom is 0.303 e. The summed E-state index contributed by atoms with van der Waals surface area (Å²) in [5.74, 6) is -1.75. The molecular formula is C15H16IN3O7. The van der Waals surface area contributed by atoms with E-state index in [0.717, 1.165) is 0 Å². The maximum atomic E-state index is 11.5. The first kappa shape index (κ1) is 20.1. The molecule has 11 heteroatoms. The monoisotopic (exact) mass is 477 g/mol. The van der Waals surface area contributed by atoms with E-state index in [2.05, 4.69) is 4.98 Å². The molecule has 0 radical (unpaired) electrons. The predicted octanol–water partition coefficient (Wildman–Crippen LogP) is 0.683. The third kappa shape index (κ3) is 4.50. The first-order valence-corrected chi connectivity index (χ1v) is 8.58. The summed E-state index contributed by atoms with van der Waals surface area (Å²) >= 11 is 1.91. The van der Waals surface area contributed by atoms with Crippen LogP contribution in [0, 0.1) is 15.0 Å². The molecule has 10 nitrogen and oxygen atoms in total. The zero-order valence-electron chi connectivity index (χ0n) is 14.2. The Labute approximate surface area is 162 Å². The van der Waals surface area contributed by atoms with E-state index < -0.39 is 42.4 Å². The summed E-state index contributed by atoms with van der Waals surface area (Å²) in [6.45, 7) is 3.45. The van der Waals surface area contributed by atoms with Crippen LogP contribution in [-0.4, -0.2) is 52.4 Å². The van der Waals surface area contributed by atoms with Crippen LogP contribution < -0.4 is 0 Å². The van der Waals surface area contributed by atoms with Gasteiger partial charge in [-0.2, -0.15) is 5.26 Å². The van der Waals surface area contributed by atoms with Crippen molar-refractivity contribution in [3.05, 3.63) is 15.7 Å². The smallest absolute Gasteiger partial charge is 0.303 e. The number of nitriles is 1. The van der Waals surface area contributed by atoms with Crippen LogP contribution in [0.1, 0.15) is 32.7 Å². The number of rotatable bonds is 5. The Hall–Kier alpha value is -2.20. The normalized spacial score (nSPS) is 24.6. The number of imidazole rings is 1. The largest absolute Gasteiger partial charge is 0.463 e. The molecule has 0 spiro atoms. The zero-order valence-corrected chi connectivity index (χ0v) is 16.3. The number of hydrogen-bond acceptors (Lipinski definition) is 9. The number of hydrogen-bond donors (Lipinski definition) is 0. The fourth-order valence-electron chi connectivity index (χ4n) is 2.52. The van der Waals surface area contributed by atoms with Crippen molar-refractivity contribution >= 4 is 40.5 Å². The van der Waals surface area contributed by atoms with Gasteiger partial charge in [-0.15, -0.1) is 0 Å². The van der Waals surface area contributed by atoms with Crippen molar-refractivity contribution in [3.63, 3.8) is 0 Å². The van der Waals surface area contributed by atoms with Gasteiger partial charge in [-0.25, -0.2) is 4.98 Å². The SMILES string of the molecule is CC(=O)OCC1OC(n2cnc(C#N)c2I)C(OC(C)=O)C1OC(C)=O. The second-order valence-corrected chi connectivity index (χ2v) is 6.44. The highest BCUT2D eigenvalue weighted by Gasteiger charge is 2.51. The molecule has 0 aromatic carbocycles. The number of aromatic nitrogens is 2. The van der Waals surface area contributed by atoms with Crippen molar-refractivity contribution in [3.8, 4) is 6.07 Å². The summed E-state index contributed by atoms with van der Waals surface area (Å²) in [4.78, 5) is 38.1. The molecule has 140 valence electrons. The summed E-state index contributed by atoms with van der Waals surface area (Å²) in [6.07, 6.45) is -2.41. The highest BCUT2D eigenvalue weighted by Crippen LogP contribution is 2.35. The molecule has 2 rings (SSSR count). The second-order valence-electron chi connectivity index (χ2n) is 5.42. The first-order chi connectivity index (χ1) is 12.2. The molecule has 1 aliphatic heterocycles. The van der Waals surface area contributed by atoms with Crippen LogP contribution in [-0.2, 0) is 33.3 Å². The van der Waals surface area contributed by atoms with Crippen molar-refractivity contribution in [1.82, 2.24) is 9.55 Å². The standard InChI is InChI=1S/C15H16IN3O7/c1-7(20)23-5-11-12(24-8(2)21)13(25-9(3)22)15(26-11)19-6-18-10(4-17)14(19)16/h6,11-13,15H,5H2,1-3H3. The minimum atomic E-state index is -1.01. The Morgan fingerprint density at radius 3 is 2.35 bits per heavy atom. The van der Waals surface area contributed by atoms with Crippen molar-refractivity contribution in [2.45, 2.75) is 45.3 Å². The van der Waals surface area contributed by atoms with Gasteiger partial charge >= 0.3 is 17.9 Å². The number of esters is 3. The number of nitrogens with zero attached hydrogens (tertiary/aromatic N) is 3. The van der Waals surface area contributed by atoms with E-state index >= 15 is 0 Å². The number of ether oxygens (including phenoxy) is 4. The lowest BCUT2D eigenvalue weighted by molar-refractivity contribution is -0.166. The lowest BCUT2D eigenvalue weighted by Crippen LogP contribution is -2.40. The van der Waals surface area contributed by atoms with Gasteiger partial charge in [-0.1, -0.05) is 0 Å². The Balaban J connectivity index is 2.39. The van der Waals surface area contributed by atoms with E-state index in [9.17, 15) is 14.4 Å². The molecule has 1 aromatic rings. The zero-order chi connectivity index (χ0) is 19.4. The third-order valence-electron chi connectivity index (χ3n) is 3.45. The average molecular weight is 477 g/mol. The van der Waals surface area contributed by atoms with E-state index in [1.165, 1.54) is 31.7 Å². The summed E-state index contributed by atoms with van der Waals surface area (Å²) in [5.41, 5.74) is 0.170. The Bertz CT molecular complexity index is 757. The molecule has 1 saturated heterocycles. The minimum absolute atomic E-state index is 0.170. The highest BCUT2D eigenvalue weighted by molar-refractivity contribution is 14.1. The number of carbonyl (C=O) groups excluding carboxylic acids is 3. The summed E-state index contributed by atoms with van der Waals surface area (Å²) in [6, 6.07) is 1.93. The molecule has 0 bridgehead atoms. The Kier molecular flexibility index (Phi) is 6.54. The van der Waals surface area contributed by atoms with Crippen molar-refractivity contribution in [2.75, 3.05) is 6.61 Å². The van der Waals surface area contributed by atoms with Crippen LogP contribution in [0.2, 0.25) is 0 Å². The molecule has 0 aliphatic carbocycles. The van der Waals surface area contributed by atoms with Gasteiger partial charge < -0.3 is 18.9 Å². The van der Waals surface area contributed by atoms with Crippen molar-refractivity contribution in [1.29, 1.82) is 5.26 Å². The summed E-state index contributed by atoms with van der Waals surface area (Å²) in [7, 11) is 0. The van der Waals surface area contributed by atoms with Gasteiger partial charge in [0.05, 0.1) is 6.33 Å². The Morgan fingerprint density at radius 1 is 1.23 bits per heavy atom. The molecule has 0 N–H and O–H groups in total. The van der Waals surface area contributed by atoms with E-state index in [1.807, 2.05) is 28.7 Å². The molecule has 0 saturated carbocycles. The van der Waals surface area contributed by atoms with Crippen LogP contribution >= 0.6 is 22.6 Å². The molecule has 2 heterocycles. The van der Waals surface area contributed by atoms with E-state index in [4.69, 9.17) is 24.2 Å². The molecule has 1 aliphatic rings. The van der Waals surface area contributed by atoms with Gasteiger partial charge in [0.25, 0.3) is 0 Å².